The van der Waals surface area contributed by atoms with Gasteiger partial charge in [0.25, 0.3) is 5.69 Å². The van der Waals surface area contributed by atoms with Crippen LogP contribution >= 0.6 is 0 Å². The molecule has 0 unspecified atom stereocenters. The van der Waals surface area contributed by atoms with E-state index in [1.165, 1.54) is 6.07 Å². The van der Waals surface area contributed by atoms with Crippen molar-refractivity contribution in [3.8, 4) is 0 Å². The standard InChI is InChI=1S/C11H12N4O2/c1-8-4-5-13-14(8)7-9-2-3-11(15(16)17)10(12)6-9/h2-6H,7,12H2,1H3. The molecule has 0 aliphatic rings. The summed E-state index contributed by atoms with van der Waals surface area (Å²) in [4.78, 5) is 10.1. The second-order valence-electron chi connectivity index (χ2n) is 3.78. The van der Waals surface area contributed by atoms with Crippen LogP contribution in [0.2, 0.25) is 0 Å². The van der Waals surface area contributed by atoms with Crippen molar-refractivity contribution in [1.82, 2.24) is 9.78 Å². The number of aromatic nitrogens is 2. The molecule has 0 aliphatic heterocycles. The highest BCUT2D eigenvalue weighted by atomic mass is 16.6. The van der Waals surface area contributed by atoms with E-state index in [1.807, 2.05) is 13.0 Å². The third-order valence-electron chi connectivity index (χ3n) is 2.55. The summed E-state index contributed by atoms with van der Waals surface area (Å²) in [5, 5.41) is 14.8. The van der Waals surface area contributed by atoms with Gasteiger partial charge in [-0.05, 0) is 24.6 Å². The highest BCUT2D eigenvalue weighted by Crippen LogP contribution is 2.22. The molecule has 2 N–H and O–H groups in total. The lowest BCUT2D eigenvalue weighted by molar-refractivity contribution is -0.383. The van der Waals surface area contributed by atoms with Crippen molar-refractivity contribution in [2.24, 2.45) is 0 Å². The fraction of sp³-hybridized carbons (Fsp3) is 0.182. The summed E-state index contributed by atoms with van der Waals surface area (Å²) in [5.41, 5.74) is 7.65. The summed E-state index contributed by atoms with van der Waals surface area (Å²) in [6.45, 7) is 2.50. The monoisotopic (exact) mass is 232 g/mol. The fourth-order valence-electron chi connectivity index (χ4n) is 1.61. The molecule has 0 atom stereocenters. The van der Waals surface area contributed by atoms with Crippen molar-refractivity contribution in [2.45, 2.75) is 13.5 Å². The van der Waals surface area contributed by atoms with Gasteiger partial charge in [0.2, 0.25) is 0 Å². The molecule has 0 aliphatic carbocycles. The number of nitro groups is 1. The van der Waals surface area contributed by atoms with Gasteiger partial charge in [-0.25, -0.2) is 0 Å². The lowest BCUT2D eigenvalue weighted by Crippen LogP contribution is -2.04. The molecule has 0 amide bonds. The van der Waals surface area contributed by atoms with E-state index in [0.29, 0.717) is 6.54 Å². The Morgan fingerprint density at radius 2 is 2.24 bits per heavy atom. The lowest BCUT2D eigenvalue weighted by Gasteiger charge is -2.05. The number of aryl methyl sites for hydroxylation is 1. The molecule has 0 saturated heterocycles. The molecule has 88 valence electrons. The van der Waals surface area contributed by atoms with Crippen molar-refractivity contribution >= 4 is 11.4 Å². The zero-order chi connectivity index (χ0) is 12.4. The van der Waals surface area contributed by atoms with Crippen LogP contribution in [0.4, 0.5) is 11.4 Å². The molecule has 0 saturated carbocycles. The minimum absolute atomic E-state index is 0.0639. The Bertz CT molecular complexity index is 562. The van der Waals surface area contributed by atoms with E-state index < -0.39 is 4.92 Å². The number of nitrogens with two attached hydrogens (primary N) is 1. The van der Waals surface area contributed by atoms with E-state index >= 15 is 0 Å². The summed E-state index contributed by atoms with van der Waals surface area (Å²) in [6.07, 6.45) is 1.71. The Morgan fingerprint density at radius 1 is 1.47 bits per heavy atom. The minimum atomic E-state index is -0.488. The van der Waals surface area contributed by atoms with Crippen molar-refractivity contribution in [2.75, 3.05) is 5.73 Å². The molecule has 17 heavy (non-hydrogen) atoms. The van der Waals surface area contributed by atoms with Crippen LogP contribution in [0.1, 0.15) is 11.3 Å². The molecule has 2 rings (SSSR count). The first-order valence-corrected chi connectivity index (χ1v) is 5.09. The van der Waals surface area contributed by atoms with Crippen LogP contribution in [0.3, 0.4) is 0 Å². The van der Waals surface area contributed by atoms with Crippen LogP contribution in [0, 0.1) is 17.0 Å². The van der Waals surface area contributed by atoms with Gasteiger partial charge in [-0.3, -0.25) is 14.8 Å². The van der Waals surface area contributed by atoms with E-state index in [1.54, 1.807) is 23.0 Å². The molecule has 6 heteroatoms. The molecule has 2 aromatic rings. The highest BCUT2D eigenvalue weighted by molar-refractivity contribution is 5.59. The molecule has 0 bridgehead atoms. The molecule has 1 heterocycles. The van der Waals surface area contributed by atoms with Crippen LogP contribution in [0.5, 0.6) is 0 Å². The molecule has 0 fully saturated rings. The maximum Gasteiger partial charge on any atom is 0.292 e. The zero-order valence-electron chi connectivity index (χ0n) is 9.33. The van der Waals surface area contributed by atoms with Crippen LogP contribution in [-0.4, -0.2) is 14.7 Å². The molecular weight excluding hydrogens is 220 g/mol. The van der Waals surface area contributed by atoms with Crippen LogP contribution in [0.15, 0.2) is 30.5 Å². The molecule has 6 nitrogen and oxygen atoms in total. The molecule has 1 aromatic heterocycles. The third-order valence-corrected chi connectivity index (χ3v) is 2.55. The van der Waals surface area contributed by atoms with E-state index in [0.717, 1.165) is 11.3 Å². The lowest BCUT2D eigenvalue weighted by atomic mass is 10.1. The van der Waals surface area contributed by atoms with Gasteiger partial charge in [0.1, 0.15) is 5.69 Å². The van der Waals surface area contributed by atoms with Gasteiger partial charge in [0.05, 0.1) is 11.5 Å². The predicted molar refractivity (Wildman–Crippen MR) is 63.6 cm³/mol. The van der Waals surface area contributed by atoms with E-state index in [-0.39, 0.29) is 11.4 Å². The smallest absolute Gasteiger partial charge is 0.292 e. The van der Waals surface area contributed by atoms with Crippen LogP contribution < -0.4 is 5.73 Å². The average molecular weight is 232 g/mol. The predicted octanol–water partition coefficient (Wildman–Crippen LogP) is 1.73. The summed E-state index contributed by atoms with van der Waals surface area (Å²) < 4.78 is 1.81. The van der Waals surface area contributed by atoms with Crippen molar-refractivity contribution in [3.63, 3.8) is 0 Å². The average Bonchev–Trinajstić information content (AvgIpc) is 2.64. The molecule has 0 spiro atoms. The number of rotatable bonds is 3. The van der Waals surface area contributed by atoms with Gasteiger partial charge in [-0.15, -0.1) is 0 Å². The Kier molecular flexibility index (Phi) is 2.78. The summed E-state index contributed by atoms with van der Waals surface area (Å²) in [7, 11) is 0. The number of hydrogen-bond donors (Lipinski definition) is 1. The first-order valence-electron chi connectivity index (χ1n) is 5.09. The van der Waals surface area contributed by atoms with Crippen LogP contribution in [0.25, 0.3) is 0 Å². The Balaban J connectivity index is 2.27. The number of nitrogens with zero attached hydrogens (tertiary/aromatic N) is 3. The summed E-state index contributed by atoms with van der Waals surface area (Å²) in [6, 6.07) is 6.62. The quantitative estimate of drug-likeness (QED) is 0.496. The van der Waals surface area contributed by atoms with E-state index in [4.69, 9.17) is 5.73 Å². The Hall–Kier alpha value is -2.37. The Labute approximate surface area is 97.8 Å². The second-order valence-corrected chi connectivity index (χ2v) is 3.78. The second kappa shape index (κ2) is 4.25. The van der Waals surface area contributed by atoms with Crippen molar-refractivity contribution < 1.29 is 4.92 Å². The van der Waals surface area contributed by atoms with Gasteiger partial charge >= 0.3 is 0 Å². The Morgan fingerprint density at radius 3 is 2.76 bits per heavy atom. The van der Waals surface area contributed by atoms with Gasteiger partial charge in [-0.1, -0.05) is 6.07 Å². The third kappa shape index (κ3) is 2.25. The summed E-state index contributed by atoms with van der Waals surface area (Å²) >= 11 is 0. The number of nitrogen functional groups attached to an aromatic ring is 1. The van der Waals surface area contributed by atoms with Gasteiger partial charge in [0, 0.05) is 18.0 Å². The van der Waals surface area contributed by atoms with Gasteiger partial charge in [0.15, 0.2) is 0 Å². The first kappa shape index (κ1) is 11.1. The maximum absolute atomic E-state index is 10.6. The maximum atomic E-state index is 10.6. The minimum Gasteiger partial charge on any atom is -0.393 e. The van der Waals surface area contributed by atoms with Crippen molar-refractivity contribution in [3.05, 3.63) is 51.8 Å². The number of anilines is 1. The van der Waals surface area contributed by atoms with Gasteiger partial charge in [-0.2, -0.15) is 5.10 Å². The van der Waals surface area contributed by atoms with E-state index in [9.17, 15) is 10.1 Å². The first-order chi connectivity index (χ1) is 8.08. The largest absolute Gasteiger partial charge is 0.393 e. The highest BCUT2D eigenvalue weighted by Gasteiger charge is 2.11. The zero-order valence-corrected chi connectivity index (χ0v) is 9.33. The van der Waals surface area contributed by atoms with E-state index in [2.05, 4.69) is 5.10 Å². The molecule has 0 radical (unpaired) electrons. The van der Waals surface area contributed by atoms with Gasteiger partial charge < -0.3 is 5.73 Å². The van der Waals surface area contributed by atoms with Crippen LogP contribution in [-0.2, 0) is 6.54 Å². The van der Waals surface area contributed by atoms with Crippen molar-refractivity contribution in [1.29, 1.82) is 0 Å². The number of nitro benzene ring substituents is 1. The fourth-order valence-corrected chi connectivity index (χ4v) is 1.61. The molecular formula is C11H12N4O2. The normalized spacial score (nSPS) is 10.4. The topological polar surface area (TPSA) is 87.0 Å². The summed E-state index contributed by atoms with van der Waals surface area (Å²) in [5.74, 6) is 0. The number of hydrogen-bond acceptors (Lipinski definition) is 4. The SMILES string of the molecule is Cc1ccnn1Cc1ccc([N+](=O)[O-])c(N)c1. The molecule has 1 aromatic carbocycles. The number of benzene rings is 1.